The number of aromatic nitrogens is 1. The SMILES string of the molecule is CC(C)Sc1c(/C(N)=N/O)cnc2ccccc12. The van der Waals surface area contributed by atoms with Crippen LogP contribution in [0, 0.1) is 0 Å². The van der Waals surface area contributed by atoms with Gasteiger partial charge < -0.3 is 10.9 Å². The normalized spacial score (nSPS) is 12.3. The highest BCUT2D eigenvalue weighted by molar-refractivity contribution is 8.00. The molecule has 0 fully saturated rings. The Bertz CT molecular complexity index is 596. The van der Waals surface area contributed by atoms with Crippen LogP contribution >= 0.6 is 11.8 Å². The van der Waals surface area contributed by atoms with E-state index in [1.165, 1.54) is 0 Å². The second-order valence-electron chi connectivity index (χ2n) is 4.17. The van der Waals surface area contributed by atoms with Gasteiger partial charge in [0.2, 0.25) is 0 Å². The Kier molecular flexibility index (Phi) is 3.72. The van der Waals surface area contributed by atoms with E-state index in [2.05, 4.69) is 24.0 Å². The smallest absolute Gasteiger partial charge is 0.172 e. The van der Waals surface area contributed by atoms with Crippen LogP contribution in [0.2, 0.25) is 0 Å². The van der Waals surface area contributed by atoms with Gasteiger partial charge in [-0.25, -0.2) is 0 Å². The topological polar surface area (TPSA) is 71.5 Å². The van der Waals surface area contributed by atoms with E-state index in [0.29, 0.717) is 10.8 Å². The van der Waals surface area contributed by atoms with Gasteiger partial charge in [0.1, 0.15) is 0 Å². The quantitative estimate of drug-likeness (QED) is 0.293. The average molecular weight is 261 g/mol. The molecule has 0 saturated heterocycles. The predicted octanol–water partition coefficient (Wildman–Crippen LogP) is 2.83. The first-order chi connectivity index (χ1) is 8.63. The Labute approximate surface area is 110 Å². The van der Waals surface area contributed by atoms with Gasteiger partial charge in [0.25, 0.3) is 0 Å². The molecule has 0 aliphatic carbocycles. The summed E-state index contributed by atoms with van der Waals surface area (Å²) in [4.78, 5) is 5.34. The second-order valence-corrected chi connectivity index (χ2v) is 5.76. The van der Waals surface area contributed by atoms with Crippen LogP contribution in [0.4, 0.5) is 0 Å². The van der Waals surface area contributed by atoms with Crippen molar-refractivity contribution < 1.29 is 5.21 Å². The van der Waals surface area contributed by atoms with Crippen molar-refractivity contribution in [3.05, 3.63) is 36.0 Å². The third-order valence-corrected chi connectivity index (χ3v) is 3.61. The second kappa shape index (κ2) is 5.27. The van der Waals surface area contributed by atoms with Crippen molar-refractivity contribution in [2.45, 2.75) is 24.0 Å². The van der Waals surface area contributed by atoms with Crippen molar-refractivity contribution >= 4 is 28.5 Å². The van der Waals surface area contributed by atoms with Gasteiger partial charge in [0.05, 0.1) is 11.1 Å². The van der Waals surface area contributed by atoms with E-state index >= 15 is 0 Å². The number of hydrogen-bond acceptors (Lipinski definition) is 4. The van der Waals surface area contributed by atoms with E-state index in [-0.39, 0.29) is 5.84 Å². The molecule has 94 valence electrons. The van der Waals surface area contributed by atoms with Crippen molar-refractivity contribution in [1.82, 2.24) is 4.98 Å². The molecule has 2 aromatic rings. The van der Waals surface area contributed by atoms with E-state index in [4.69, 9.17) is 10.9 Å². The van der Waals surface area contributed by atoms with Gasteiger partial charge >= 0.3 is 0 Å². The molecule has 2 rings (SSSR count). The van der Waals surface area contributed by atoms with E-state index in [1.54, 1.807) is 18.0 Å². The molecule has 0 saturated carbocycles. The van der Waals surface area contributed by atoms with Gasteiger partial charge in [0.15, 0.2) is 5.84 Å². The van der Waals surface area contributed by atoms with Gasteiger partial charge in [-0.3, -0.25) is 4.98 Å². The Balaban J connectivity index is 2.70. The van der Waals surface area contributed by atoms with Crippen molar-refractivity contribution in [3.8, 4) is 0 Å². The van der Waals surface area contributed by atoms with Gasteiger partial charge in [-0.1, -0.05) is 37.2 Å². The summed E-state index contributed by atoms with van der Waals surface area (Å²) in [7, 11) is 0. The first-order valence-corrected chi connectivity index (χ1v) is 6.53. The first-order valence-electron chi connectivity index (χ1n) is 5.65. The Morgan fingerprint density at radius 3 is 2.78 bits per heavy atom. The Hall–Kier alpha value is -1.75. The molecule has 1 aromatic carbocycles. The number of para-hydroxylation sites is 1. The Morgan fingerprint density at radius 2 is 2.11 bits per heavy atom. The number of amidine groups is 1. The molecule has 4 nitrogen and oxygen atoms in total. The minimum Gasteiger partial charge on any atom is -0.409 e. The minimum atomic E-state index is 0.0939. The number of pyridine rings is 1. The molecule has 1 aromatic heterocycles. The highest BCUT2D eigenvalue weighted by Gasteiger charge is 2.13. The molecule has 0 atom stereocenters. The zero-order chi connectivity index (χ0) is 13.1. The third kappa shape index (κ3) is 2.41. The number of nitrogens with two attached hydrogens (primary N) is 1. The monoisotopic (exact) mass is 261 g/mol. The summed E-state index contributed by atoms with van der Waals surface area (Å²) in [6, 6.07) is 7.86. The first kappa shape index (κ1) is 12.7. The number of oxime groups is 1. The molecular weight excluding hydrogens is 246 g/mol. The standard InChI is InChI=1S/C13H15N3OS/c1-8(2)18-12-9-5-3-4-6-11(9)15-7-10(12)13(14)16-17/h3-8,17H,1-2H3,(H2,14,16). The van der Waals surface area contributed by atoms with Crippen LogP contribution in [0.5, 0.6) is 0 Å². The van der Waals surface area contributed by atoms with E-state index in [9.17, 15) is 0 Å². The van der Waals surface area contributed by atoms with Crippen LogP contribution in [0.1, 0.15) is 19.4 Å². The zero-order valence-electron chi connectivity index (χ0n) is 10.3. The lowest BCUT2D eigenvalue weighted by Crippen LogP contribution is -2.15. The summed E-state index contributed by atoms with van der Waals surface area (Å²) in [5, 5.41) is 13.4. The fraction of sp³-hybridized carbons (Fsp3) is 0.231. The van der Waals surface area contributed by atoms with Crippen molar-refractivity contribution in [1.29, 1.82) is 0 Å². The summed E-state index contributed by atoms with van der Waals surface area (Å²) in [6.45, 7) is 4.21. The van der Waals surface area contributed by atoms with Gasteiger partial charge in [-0.15, -0.1) is 11.8 Å². The lowest BCUT2D eigenvalue weighted by atomic mass is 10.1. The molecule has 3 N–H and O–H groups in total. The maximum atomic E-state index is 8.84. The van der Waals surface area contributed by atoms with Crippen LogP contribution in [-0.4, -0.2) is 21.3 Å². The fourth-order valence-corrected chi connectivity index (χ4v) is 2.77. The van der Waals surface area contributed by atoms with Crippen molar-refractivity contribution in [2.75, 3.05) is 0 Å². The summed E-state index contributed by atoms with van der Waals surface area (Å²) in [5.74, 6) is 0.0939. The van der Waals surface area contributed by atoms with Gasteiger partial charge in [-0.2, -0.15) is 0 Å². The zero-order valence-corrected chi connectivity index (χ0v) is 11.1. The van der Waals surface area contributed by atoms with Crippen LogP contribution in [0.3, 0.4) is 0 Å². The van der Waals surface area contributed by atoms with E-state index < -0.39 is 0 Å². The summed E-state index contributed by atoms with van der Waals surface area (Å²) in [5.41, 5.74) is 7.30. The third-order valence-electron chi connectivity index (χ3n) is 2.46. The lowest BCUT2D eigenvalue weighted by molar-refractivity contribution is 0.318. The van der Waals surface area contributed by atoms with Crippen LogP contribution in [0.15, 0.2) is 40.5 Å². The van der Waals surface area contributed by atoms with Crippen LogP contribution in [0.25, 0.3) is 10.9 Å². The molecule has 0 spiro atoms. The summed E-state index contributed by atoms with van der Waals surface area (Å²) >= 11 is 1.69. The molecule has 1 heterocycles. The molecule has 0 aliphatic heterocycles. The molecule has 0 bridgehead atoms. The highest BCUT2D eigenvalue weighted by Crippen LogP contribution is 2.32. The number of thioether (sulfide) groups is 1. The fourth-order valence-electron chi connectivity index (χ4n) is 1.72. The van der Waals surface area contributed by atoms with Gasteiger partial charge in [0, 0.05) is 21.7 Å². The van der Waals surface area contributed by atoms with Crippen LogP contribution in [-0.2, 0) is 0 Å². The van der Waals surface area contributed by atoms with Gasteiger partial charge in [-0.05, 0) is 6.07 Å². The van der Waals surface area contributed by atoms with E-state index in [1.807, 2.05) is 24.3 Å². The number of rotatable bonds is 3. The summed E-state index contributed by atoms with van der Waals surface area (Å²) in [6.07, 6.45) is 1.65. The molecule has 0 amide bonds. The predicted molar refractivity (Wildman–Crippen MR) is 75.2 cm³/mol. The number of hydrogen-bond donors (Lipinski definition) is 2. The largest absolute Gasteiger partial charge is 0.409 e. The van der Waals surface area contributed by atoms with Crippen molar-refractivity contribution in [3.63, 3.8) is 0 Å². The maximum Gasteiger partial charge on any atom is 0.172 e. The number of fused-ring (bicyclic) bond motifs is 1. The summed E-state index contributed by atoms with van der Waals surface area (Å²) < 4.78 is 0. The Morgan fingerprint density at radius 1 is 1.39 bits per heavy atom. The van der Waals surface area contributed by atoms with E-state index in [0.717, 1.165) is 15.8 Å². The number of nitrogens with zero attached hydrogens (tertiary/aromatic N) is 2. The molecule has 5 heteroatoms. The average Bonchev–Trinajstić information content (AvgIpc) is 2.37. The lowest BCUT2D eigenvalue weighted by Gasteiger charge is -2.12. The number of benzene rings is 1. The molecular formula is C13H15N3OS. The van der Waals surface area contributed by atoms with Crippen LogP contribution < -0.4 is 5.73 Å². The van der Waals surface area contributed by atoms with Crippen molar-refractivity contribution in [2.24, 2.45) is 10.9 Å². The molecule has 0 radical (unpaired) electrons. The minimum absolute atomic E-state index is 0.0939. The molecule has 18 heavy (non-hydrogen) atoms. The highest BCUT2D eigenvalue weighted by atomic mass is 32.2. The maximum absolute atomic E-state index is 8.84. The molecule has 0 aliphatic rings. The molecule has 0 unspecified atom stereocenters.